The normalized spacial score (nSPS) is 33.1. The second-order valence-electron chi connectivity index (χ2n) is 5.99. The summed E-state index contributed by atoms with van der Waals surface area (Å²) in [5.74, 6) is 1.83. The second kappa shape index (κ2) is 3.23. The third-order valence-electron chi connectivity index (χ3n) is 4.67. The van der Waals surface area contributed by atoms with Gasteiger partial charge in [-0.2, -0.15) is 0 Å². The molecule has 0 aromatic carbocycles. The van der Waals surface area contributed by atoms with Crippen molar-refractivity contribution in [2.24, 2.45) is 17.3 Å². The first-order valence-corrected chi connectivity index (χ1v) is 6.51. The van der Waals surface area contributed by atoms with Gasteiger partial charge in [0.05, 0.1) is 0 Å². The molecule has 3 fully saturated rings. The molecular formula is C13H21NO. The van der Waals surface area contributed by atoms with E-state index in [-0.39, 0.29) is 0 Å². The van der Waals surface area contributed by atoms with Gasteiger partial charge in [-0.3, -0.25) is 4.79 Å². The molecule has 0 N–H and O–H groups in total. The molecule has 1 aliphatic heterocycles. The van der Waals surface area contributed by atoms with Gasteiger partial charge in [-0.15, -0.1) is 0 Å². The van der Waals surface area contributed by atoms with Crippen LogP contribution < -0.4 is 0 Å². The van der Waals surface area contributed by atoms with Crippen LogP contribution in [0.5, 0.6) is 0 Å². The van der Waals surface area contributed by atoms with E-state index in [4.69, 9.17) is 0 Å². The van der Waals surface area contributed by atoms with Crippen molar-refractivity contribution in [3.63, 3.8) is 0 Å². The van der Waals surface area contributed by atoms with Crippen LogP contribution in [0.1, 0.15) is 45.4 Å². The molecular weight excluding hydrogens is 186 g/mol. The van der Waals surface area contributed by atoms with Crippen LogP contribution in [0.25, 0.3) is 0 Å². The zero-order valence-electron chi connectivity index (χ0n) is 9.67. The average molecular weight is 207 g/mol. The predicted octanol–water partition coefficient (Wildman–Crippen LogP) is 2.44. The number of carbonyl (C=O) groups excluding carboxylic acids is 1. The maximum absolute atomic E-state index is 11.8. The molecule has 1 amide bonds. The van der Waals surface area contributed by atoms with Crippen LogP contribution >= 0.6 is 0 Å². The first-order valence-electron chi connectivity index (χ1n) is 6.51. The van der Waals surface area contributed by atoms with Gasteiger partial charge in [0.25, 0.3) is 0 Å². The summed E-state index contributed by atoms with van der Waals surface area (Å²) in [5.41, 5.74) is 0.561. The van der Waals surface area contributed by atoms with Crippen LogP contribution in [0, 0.1) is 17.3 Å². The number of carbonyl (C=O) groups is 1. The molecule has 1 heterocycles. The topological polar surface area (TPSA) is 20.3 Å². The summed E-state index contributed by atoms with van der Waals surface area (Å²) in [7, 11) is 0. The van der Waals surface area contributed by atoms with Gasteiger partial charge in [0.2, 0.25) is 5.91 Å². The fraction of sp³-hybridized carbons (Fsp3) is 0.923. The molecule has 1 spiro atoms. The Bertz CT molecular complexity index is 276. The minimum Gasteiger partial charge on any atom is -0.341 e. The van der Waals surface area contributed by atoms with E-state index >= 15 is 0 Å². The van der Waals surface area contributed by atoms with Gasteiger partial charge in [0, 0.05) is 24.4 Å². The molecule has 0 aromatic rings. The lowest BCUT2D eigenvalue weighted by Crippen LogP contribution is -2.57. The van der Waals surface area contributed by atoms with Gasteiger partial charge in [0.1, 0.15) is 0 Å². The molecule has 2 saturated carbocycles. The smallest absolute Gasteiger partial charge is 0.225 e. The van der Waals surface area contributed by atoms with Crippen LogP contribution in [0.2, 0.25) is 0 Å². The van der Waals surface area contributed by atoms with Crippen molar-refractivity contribution in [1.29, 1.82) is 0 Å². The van der Waals surface area contributed by atoms with Crippen LogP contribution in [-0.4, -0.2) is 23.9 Å². The predicted molar refractivity (Wildman–Crippen MR) is 59.4 cm³/mol. The molecule has 0 aromatic heterocycles. The van der Waals surface area contributed by atoms with Crippen molar-refractivity contribution >= 4 is 5.91 Å². The highest BCUT2D eigenvalue weighted by molar-refractivity contribution is 5.82. The molecule has 1 unspecified atom stereocenters. The van der Waals surface area contributed by atoms with E-state index in [2.05, 4.69) is 11.8 Å². The van der Waals surface area contributed by atoms with E-state index in [1.165, 1.54) is 25.7 Å². The van der Waals surface area contributed by atoms with E-state index in [1.54, 1.807) is 0 Å². The Morgan fingerprint density at radius 1 is 1.33 bits per heavy atom. The third-order valence-corrected chi connectivity index (χ3v) is 4.67. The molecule has 3 aliphatic rings. The number of likely N-dealkylation sites (tertiary alicyclic amines) is 1. The highest BCUT2D eigenvalue weighted by Gasteiger charge is 2.50. The largest absolute Gasteiger partial charge is 0.341 e. The van der Waals surface area contributed by atoms with Crippen LogP contribution in [-0.2, 0) is 4.79 Å². The first-order chi connectivity index (χ1) is 7.22. The molecule has 84 valence electrons. The van der Waals surface area contributed by atoms with E-state index in [0.29, 0.717) is 17.2 Å². The molecule has 1 atom stereocenters. The van der Waals surface area contributed by atoms with Crippen LogP contribution in [0.4, 0.5) is 0 Å². The lowest BCUT2D eigenvalue weighted by Gasteiger charge is -2.48. The summed E-state index contributed by atoms with van der Waals surface area (Å²) >= 11 is 0. The average Bonchev–Trinajstić information content (AvgIpc) is 2.93. The molecule has 15 heavy (non-hydrogen) atoms. The van der Waals surface area contributed by atoms with E-state index in [0.717, 1.165) is 31.8 Å². The van der Waals surface area contributed by atoms with Crippen molar-refractivity contribution in [3.05, 3.63) is 0 Å². The SMILES string of the molecule is CCC1CCC2(C1)CN(C(=O)C1CC1)C2. The minimum atomic E-state index is 0.422. The van der Waals surface area contributed by atoms with Gasteiger partial charge in [-0.25, -0.2) is 0 Å². The summed E-state index contributed by atoms with van der Waals surface area (Å²) in [6.07, 6.45) is 7.80. The second-order valence-corrected chi connectivity index (χ2v) is 5.99. The summed E-state index contributed by atoms with van der Waals surface area (Å²) < 4.78 is 0. The van der Waals surface area contributed by atoms with Crippen molar-refractivity contribution in [1.82, 2.24) is 4.90 Å². The van der Waals surface area contributed by atoms with Gasteiger partial charge in [-0.05, 0) is 38.0 Å². The standard InChI is InChI=1S/C13H21NO/c1-2-10-5-6-13(7-10)8-14(9-13)12(15)11-3-4-11/h10-11H,2-9H2,1H3. The Balaban J connectivity index is 1.54. The van der Waals surface area contributed by atoms with Gasteiger partial charge in [0.15, 0.2) is 0 Å². The monoisotopic (exact) mass is 207 g/mol. The summed E-state index contributed by atoms with van der Waals surface area (Å²) in [4.78, 5) is 13.9. The fourth-order valence-corrected chi connectivity index (χ4v) is 3.47. The lowest BCUT2D eigenvalue weighted by atomic mass is 9.77. The van der Waals surface area contributed by atoms with Gasteiger partial charge < -0.3 is 4.90 Å². The zero-order valence-corrected chi connectivity index (χ0v) is 9.67. The molecule has 1 saturated heterocycles. The van der Waals surface area contributed by atoms with Crippen molar-refractivity contribution in [3.8, 4) is 0 Å². The lowest BCUT2D eigenvalue weighted by molar-refractivity contribution is -0.144. The minimum absolute atomic E-state index is 0.422. The molecule has 2 nitrogen and oxygen atoms in total. The maximum atomic E-state index is 11.8. The summed E-state index contributed by atoms with van der Waals surface area (Å²) in [6.45, 7) is 4.47. The van der Waals surface area contributed by atoms with Gasteiger partial charge >= 0.3 is 0 Å². The number of hydrogen-bond donors (Lipinski definition) is 0. The number of nitrogens with zero attached hydrogens (tertiary/aromatic N) is 1. The number of hydrogen-bond acceptors (Lipinski definition) is 1. The summed E-state index contributed by atoms with van der Waals surface area (Å²) in [5, 5.41) is 0. The van der Waals surface area contributed by atoms with Gasteiger partial charge in [-0.1, -0.05) is 13.3 Å². The zero-order chi connectivity index (χ0) is 10.5. The quantitative estimate of drug-likeness (QED) is 0.681. The van der Waals surface area contributed by atoms with E-state index in [9.17, 15) is 4.79 Å². The van der Waals surface area contributed by atoms with Crippen molar-refractivity contribution in [2.45, 2.75) is 45.4 Å². The van der Waals surface area contributed by atoms with E-state index in [1.807, 2.05) is 0 Å². The molecule has 2 aliphatic carbocycles. The highest BCUT2D eigenvalue weighted by Crippen LogP contribution is 2.50. The Labute approximate surface area is 92.0 Å². The highest BCUT2D eigenvalue weighted by atomic mass is 16.2. The summed E-state index contributed by atoms with van der Waals surface area (Å²) in [6, 6.07) is 0. The Kier molecular flexibility index (Phi) is 2.08. The number of amides is 1. The van der Waals surface area contributed by atoms with E-state index < -0.39 is 0 Å². The Morgan fingerprint density at radius 2 is 2.07 bits per heavy atom. The fourth-order valence-electron chi connectivity index (χ4n) is 3.47. The van der Waals surface area contributed by atoms with Crippen LogP contribution in [0.3, 0.4) is 0 Å². The molecule has 3 rings (SSSR count). The maximum Gasteiger partial charge on any atom is 0.225 e. The number of rotatable bonds is 2. The first kappa shape index (κ1) is 9.68. The van der Waals surface area contributed by atoms with Crippen LogP contribution in [0.15, 0.2) is 0 Å². The Hall–Kier alpha value is -0.530. The van der Waals surface area contributed by atoms with Crippen molar-refractivity contribution < 1.29 is 4.79 Å². The van der Waals surface area contributed by atoms with Crippen molar-refractivity contribution in [2.75, 3.05) is 13.1 Å². The third kappa shape index (κ3) is 1.58. The molecule has 0 bridgehead atoms. The molecule has 2 heteroatoms. The molecule has 0 radical (unpaired) electrons. The Morgan fingerprint density at radius 3 is 2.60 bits per heavy atom.